The molecule has 5 aliphatic heterocycles. The fourth-order valence-electron chi connectivity index (χ4n) is 7.83. The van der Waals surface area contributed by atoms with Gasteiger partial charge in [0.15, 0.2) is 0 Å². The zero-order valence-electron chi connectivity index (χ0n) is 29.8. The predicted octanol–water partition coefficient (Wildman–Crippen LogP) is 8.37. The van der Waals surface area contributed by atoms with Crippen LogP contribution in [0.5, 0.6) is 0 Å². The number of fused-ring (bicyclic) bond motifs is 2. The van der Waals surface area contributed by atoms with E-state index in [1.165, 1.54) is 123 Å². The van der Waals surface area contributed by atoms with Gasteiger partial charge < -0.3 is 19.6 Å². The van der Waals surface area contributed by atoms with Crippen molar-refractivity contribution in [3.05, 3.63) is 0 Å². The van der Waals surface area contributed by atoms with E-state index in [1.807, 2.05) is 0 Å². The van der Waals surface area contributed by atoms with E-state index in [0.29, 0.717) is 0 Å². The fraction of sp³-hybridized carbons (Fsp3) is 1.00. The van der Waals surface area contributed by atoms with Crippen LogP contribution in [0.2, 0.25) is 0 Å². The molecule has 0 amide bonds. The topological polar surface area (TPSA) is 13.0 Å². The van der Waals surface area contributed by atoms with Crippen LogP contribution in [-0.2, 0) is 0 Å². The normalized spacial score (nSPS) is 36.9. The van der Waals surface area contributed by atoms with Gasteiger partial charge in [0, 0.05) is 25.2 Å². The highest BCUT2D eigenvalue weighted by Crippen LogP contribution is 2.36. The third-order valence-corrected chi connectivity index (χ3v) is 11.1. The van der Waals surface area contributed by atoms with Crippen molar-refractivity contribution in [1.29, 1.82) is 0 Å². The van der Waals surface area contributed by atoms with Crippen molar-refractivity contribution in [2.45, 2.75) is 137 Å². The second-order valence-electron chi connectivity index (χ2n) is 16.1. The third kappa shape index (κ3) is 15.9. The zero-order chi connectivity index (χ0) is 30.4. The molecule has 6 fully saturated rings. The van der Waals surface area contributed by atoms with Gasteiger partial charge in [-0.25, -0.2) is 0 Å². The van der Waals surface area contributed by atoms with Gasteiger partial charge in [0.2, 0.25) is 0 Å². The Morgan fingerprint density at radius 3 is 1.10 bits per heavy atom. The molecule has 2 bridgehead atoms. The molecule has 5 saturated heterocycles. The number of nitrogens with zero attached hydrogens (tertiary/aromatic N) is 4. The first-order valence-corrected chi connectivity index (χ1v) is 18.2. The van der Waals surface area contributed by atoms with E-state index in [9.17, 15) is 0 Å². The van der Waals surface area contributed by atoms with Crippen molar-refractivity contribution in [2.24, 2.45) is 35.5 Å². The smallest absolute Gasteiger partial charge is 0.00982 e. The minimum absolute atomic E-state index is 0.939. The molecule has 0 N–H and O–H groups in total. The van der Waals surface area contributed by atoms with Gasteiger partial charge in [-0.2, -0.15) is 0 Å². The molecule has 0 spiro atoms. The summed E-state index contributed by atoms with van der Waals surface area (Å²) in [6.45, 7) is 22.0. The molecule has 0 aromatic heterocycles. The van der Waals surface area contributed by atoms with Gasteiger partial charge in [-0.15, -0.1) is 0 Å². The first-order chi connectivity index (χ1) is 19.4. The van der Waals surface area contributed by atoms with Gasteiger partial charge in [-0.05, 0) is 148 Å². The van der Waals surface area contributed by atoms with E-state index in [1.54, 1.807) is 0 Å². The lowest BCUT2D eigenvalue weighted by Gasteiger charge is -2.34. The quantitative estimate of drug-likeness (QED) is 0.287. The highest BCUT2D eigenvalue weighted by molar-refractivity contribution is 4.91. The second-order valence-corrected chi connectivity index (χ2v) is 16.1. The second kappa shape index (κ2) is 20.0. The molecule has 0 aromatic carbocycles. The van der Waals surface area contributed by atoms with E-state index >= 15 is 0 Å². The largest absolute Gasteiger partial charge is 0.306 e. The maximum Gasteiger partial charge on any atom is 0.00982 e. The van der Waals surface area contributed by atoms with Gasteiger partial charge in [0.25, 0.3) is 0 Å². The zero-order valence-corrected chi connectivity index (χ0v) is 29.8. The molecule has 4 nitrogen and oxygen atoms in total. The minimum atomic E-state index is 0.939. The van der Waals surface area contributed by atoms with Crippen LogP contribution < -0.4 is 0 Å². The summed E-state index contributed by atoms with van der Waals surface area (Å²) in [7, 11) is 8.89. The summed E-state index contributed by atoms with van der Waals surface area (Å²) < 4.78 is 0. The number of rotatable bonds is 0. The Kier molecular flexibility index (Phi) is 18.0. The molecule has 4 heteroatoms. The van der Waals surface area contributed by atoms with Gasteiger partial charge in [0.05, 0.1) is 0 Å². The Balaban J connectivity index is 0.000000180. The molecular weight excluding hydrogens is 500 g/mol. The molecule has 0 radical (unpaired) electrons. The van der Waals surface area contributed by atoms with Crippen LogP contribution in [0.25, 0.3) is 0 Å². The fourth-order valence-corrected chi connectivity index (χ4v) is 7.83. The molecule has 41 heavy (non-hydrogen) atoms. The van der Waals surface area contributed by atoms with E-state index in [4.69, 9.17) is 0 Å². The van der Waals surface area contributed by atoms with E-state index in [2.05, 4.69) is 89.3 Å². The Bertz CT molecular complexity index is 569. The molecule has 0 aromatic rings. The molecule has 4 atom stereocenters. The van der Waals surface area contributed by atoms with Crippen molar-refractivity contribution >= 4 is 0 Å². The Labute approximate surface area is 259 Å². The first kappa shape index (κ1) is 37.0. The Morgan fingerprint density at radius 2 is 0.756 bits per heavy atom. The van der Waals surface area contributed by atoms with Crippen LogP contribution in [-0.4, -0.2) is 99.1 Å². The van der Waals surface area contributed by atoms with Gasteiger partial charge in [-0.3, -0.25) is 0 Å². The van der Waals surface area contributed by atoms with Crippen LogP contribution >= 0.6 is 0 Å². The minimum Gasteiger partial charge on any atom is -0.306 e. The molecule has 4 unspecified atom stereocenters. The summed E-state index contributed by atoms with van der Waals surface area (Å²) in [5.41, 5.74) is 0. The van der Waals surface area contributed by atoms with Crippen molar-refractivity contribution in [1.82, 2.24) is 19.6 Å². The SMILES string of the molecule is CC1CC2CCC(C1)N2C.CC1CCC(C)CC1.CC1CCCN(C)C1.CC1CCN(C)C1.CC1CCN(C)CC1. The maximum absolute atomic E-state index is 2.60. The molecule has 1 aliphatic carbocycles. The van der Waals surface area contributed by atoms with Crippen LogP contribution in [0.3, 0.4) is 0 Å². The van der Waals surface area contributed by atoms with E-state index in [-0.39, 0.29) is 0 Å². The maximum atomic E-state index is 2.60. The predicted molar refractivity (Wildman–Crippen MR) is 183 cm³/mol. The van der Waals surface area contributed by atoms with Gasteiger partial charge in [-0.1, -0.05) is 67.2 Å². The lowest BCUT2D eigenvalue weighted by atomic mass is 9.84. The van der Waals surface area contributed by atoms with Crippen LogP contribution in [0.15, 0.2) is 0 Å². The molecule has 6 rings (SSSR count). The van der Waals surface area contributed by atoms with Crippen molar-refractivity contribution in [3.8, 4) is 0 Å². The molecule has 244 valence electrons. The average molecular weight is 577 g/mol. The Morgan fingerprint density at radius 1 is 0.366 bits per heavy atom. The third-order valence-electron chi connectivity index (χ3n) is 11.1. The molecule has 5 heterocycles. The summed E-state index contributed by atoms with van der Waals surface area (Å²) in [4.78, 5) is 9.79. The van der Waals surface area contributed by atoms with Crippen LogP contribution in [0, 0.1) is 35.5 Å². The van der Waals surface area contributed by atoms with Crippen molar-refractivity contribution < 1.29 is 0 Å². The standard InChI is InChI=1S/C9H17N.C8H16.2C7H15N.C6H13N/c1-7-5-8-3-4-9(6-7)10(8)2;2*1-7-3-5-8(2)6-4-7;1-7-4-3-5-8(2)6-7;1-6-3-4-7(2)5-6/h7-9H,3-6H2,1-2H3;7-8H,3-6H2,1-2H3;2*7H,3-6H2,1-2H3;6H,3-5H2,1-2H3. The van der Waals surface area contributed by atoms with Crippen molar-refractivity contribution in [3.63, 3.8) is 0 Å². The average Bonchev–Trinajstić information content (AvgIpc) is 3.39. The van der Waals surface area contributed by atoms with Gasteiger partial charge in [0.1, 0.15) is 0 Å². The molecule has 1 saturated carbocycles. The van der Waals surface area contributed by atoms with E-state index < -0.39 is 0 Å². The highest BCUT2D eigenvalue weighted by Gasteiger charge is 2.36. The summed E-state index contributed by atoms with van der Waals surface area (Å²) in [6, 6.07) is 1.88. The van der Waals surface area contributed by atoms with Crippen molar-refractivity contribution in [2.75, 3.05) is 67.5 Å². The van der Waals surface area contributed by atoms with Crippen LogP contribution in [0.1, 0.15) is 125 Å². The lowest BCUT2D eigenvalue weighted by molar-refractivity contribution is 0.142. The monoisotopic (exact) mass is 577 g/mol. The number of hydrogen-bond donors (Lipinski definition) is 0. The summed E-state index contributed by atoms with van der Waals surface area (Å²) in [5.74, 6) is 5.90. The summed E-state index contributed by atoms with van der Waals surface area (Å²) in [6.07, 6.45) is 18.8. The highest BCUT2D eigenvalue weighted by atomic mass is 15.2. The lowest BCUT2D eigenvalue weighted by Crippen LogP contribution is -2.39. The number of likely N-dealkylation sites (tertiary alicyclic amines) is 3. The van der Waals surface area contributed by atoms with Gasteiger partial charge >= 0.3 is 0 Å². The molecular formula is C37H76N4. The van der Waals surface area contributed by atoms with E-state index in [0.717, 1.165) is 47.6 Å². The summed E-state index contributed by atoms with van der Waals surface area (Å²) >= 11 is 0. The summed E-state index contributed by atoms with van der Waals surface area (Å²) in [5, 5.41) is 0. The first-order valence-electron chi connectivity index (χ1n) is 18.2. The van der Waals surface area contributed by atoms with Crippen LogP contribution in [0.4, 0.5) is 0 Å². The molecule has 6 aliphatic rings. The number of piperidine rings is 3. The number of hydrogen-bond acceptors (Lipinski definition) is 4. The Hall–Kier alpha value is -0.160.